The maximum absolute atomic E-state index is 13.2. The number of aromatic nitrogens is 1. The number of methoxy groups -OCH3 is 1. The van der Waals surface area contributed by atoms with Crippen molar-refractivity contribution in [1.82, 2.24) is 4.98 Å². The number of nitrogens with zero attached hydrogens (tertiary/aromatic N) is 1. The first-order valence-corrected chi connectivity index (χ1v) is 10.2. The molecule has 0 aliphatic heterocycles. The number of amides is 1. The quantitative estimate of drug-likeness (QED) is 0.537. The van der Waals surface area contributed by atoms with Crippen LogP contribution in [0.3, 0.4) is 0 Å². The van der Waals surface area contributed by atoms with Crippen molar-refractivity contribution in [3.63, 3.8) is 0 Å². The van der Waals surface area contributed by atoms with Crippen molar-refractivity contribution < 1.29 is 14.3 Å². The van der Waals surface area contributed by atoms with Gasteiger partial charge in [0.15, 0.2) is 0 Å². The largest absolute Gasteiger partial charge is 0.380 e. The molecule has 0 aliphatic carbocycles. The lowest BCUT2D eigenvalue weighted by Crippen LogP contribution is -2.14. The lowest BCUT2D eigenvalue weighted by atomic mass is 10.1. The van der Waals surface area contributed by atoms with Crippen molar-refractivity contribution in [1.29, 1.82) is 0 Å². The lowest BCUT2D eigenvalue weighted by molar-refractivity contribution is -0.116. The van der Waals surface area contributed by atoms with E-state index in [2.05, 4.69) is 10.3 Å². The smallest absolute Gasteiger partial charge is 0.224 e. The Bertz CT molecular complexity index is 996. The summed E-state index contributed by atoms with van der Waals surface area (Å²) in [5.74, 6) is -0.206. The predicted molar refractivity (Wildman–Crippen MR) is 113 cm³/mol. The molecule has 3 aromatic rings. The number of anilines is 1. The fourth-order valence-corrected chi connectivity index (χ4v) is 4.30. The molecule has 1 amide bonds. The Hall–Kier alpha value is -2.57. The van der Waals surface area contributed by atoms with E-state index in [1.54, 1.807) is 19.2 Å². The van der Waals surface area contributed by atoms with E-state index in [4.69, 9.17) is 4.74 Å². The van der Waals surface area contributed by atoms with Crippen LogP contribution in [0.1, 0.15) is 52.7 Å². The molecule has 0 saturated carbocycles. The average molecular weight is 397 g/mol. The molecule has 2 aromatic heterocycles. The molecule has 0 bridgehead atoms. The number of hydrogen-bond acceptors (Lipinski definition) is 5. The highest BCUT2D eigenvalue weighted by atomic mass is 32.1. The summed E-state index contributed by atoms with van der Waals surface area (Å²) in [6, 6.07) is 11.0. The molecule has 28 heavy (non-hydrogen) atoms. The molecule has 5 nitrogen and oxygen atoms in total. The van der Waals surface area contributed by atoms with Gasteiger partial charge in [-0.15, -0.1) is 11.3 Å². The molecule has 3 rings (SSSR count). The Morgan fingerprint density at radius 1 is 1.21 bits per heavy atom. The molecule has 0 unspecified atom stereocenters. The van der Waals surface area contributed by atoms with Gasteiger partial charge in [0.1, 0.15) is 9.71 Å². The first-order valence-electron chi connectivity index (χ1n) is 9.36. The summed E-state index contributed by atoms with van der Waals surface area (Å²) in [4.78, 5) is 31.5. The molecular formula is C22H24N2O3S. The number of aryl methyl sites for hydroxylation is 1. The number of ketones is 1. The highest BCUT2D eigenvalue weighted by molar-refractivity contribution is 7.21. The molecule has 1 aromatic carbocycles. The number of rotatable bonds is 8. The first-order chi connectivity index (χ1) is 13.5. The first kappa shape index (κ1) is 20.2. The lowest BCUT2D eigenvalue weighted by Gasteiger charge is -2.10. The molecule has 1 N–H and O–H groups in total. The van der Waals surface area contributed by atoms with Crippen LogP contribution in [-0.2, 0) is 16.1 Å². The molecule has 0 saturated heterocycles. The van der Waals surface area contributed by atoms with Crippen molar-refractivity contribution in [2.45, 2.75) is 39.7 Å². The van der Waals surface area contributed by atoms with E-state index in [-0.39, 0.29) is 11.7 Å². The van der Waals surface area contributed by atoms with E-state index in [1.807, 2.05) is 38.1 Å². The van der Waals surface area contributed by atoms with Crippen LogP contribution in [0.5, 0.6) is 0 Å². The van der Waals surface area contributed by atoms with Gasteiger partial charge >= 0.3 is 0 Å². The number of thiophene rings is 1. The normalized spacial score (nSPS) is 11.0. The van der Waals surface area contributed by atoms with E-state index in [1.165, 1.54) is 11.3 Å². The summed E-state index contributed by atoms with van der Waals surface area (Å²) in [7, 11) is 1.63. The Balaban J connectivity index is 2.16. The molecule has 0 fully saturated rings. The van der Waals surface area contributed by atoms with Crippen LogP contribution < -0.4 is 5.32 Å². The number of carbonyl (C=O) groups is 2. The summed E-state index contributed by atoms with van der Waals surface area (Å²) in [6.45, 7) is 4.34. The van der Waals surface area contributed by atoms with Crippen LogP contribution in [0, 0.1) is 6.92 Å². The van der Waals surface area contributed by atoms with Gasteiger partial charge in [0.05, 0.1) is 12.3 Å². The average Bonchev–Trinajstić information content (AvgIpc) is 3.04. The molecule has 2 heterocycles. The van der Waals surface area contributed by atoms with Crippen LogP contribution in [0.2, 0.25) is 0 Å². The number of pyridine rings is 1. The molecule has 6 heteroatoms. The number of unbranched alkanes of at least 4 members (excludes halogenated alkanes) is 1. The fraction of sp³-hybridized carbons (Fsp3) is 0.318. The van der Waals surface area contributed by atoms with E-state index in [9.17, 15) is 9.59 Å². The third-order valence-corrected chi connectivity index (χ3v) is 5.52. The summed E-state index contributed by atoms with van der Waals surface area (Å²) >= 11 is 1.32. The van der Waals surface area contributed by atoms with Gasteiger partial charge in [-0.05, 0) is 25.0 Å². The van der Waals surface area contributed by atoms with E-state index in [0.29, 0.717) is 29.2 Å². The van der Waals surface area contributed by atoms with Crippen molar-refractivity contribution in [3.8, 4) is 0 Å². The Morgan fingerprint density at radius 2 is 1.96 bits per heavy atom. The monoisotopic (exact) mass is 396 g/mol. The zero-order valence-corrected chi connectivity index (χ0v) is 17.2. The Labute approximate surface area is 168 Å². The third-order valence-electron chi connectivity index (χ3n) is 4.44. The number of hydrogen-bond donors (Lipinski definition) is 1. The summed E-state index contributed by atoms with van der Waals surface area (Å²) in [5, 5.41) is 3.79. The SMILES string of the molecule is CCCCC(=O)Nc1c(C(=O)c2ccccc2)sc2nc(C)cc(COC)c12. The fourth-order valence-electron chi connectivity index (χ4n) is 3.12. The Morgan fingerprint density at radius 3 is 2.64 bits per heavy atom. The van der Waals surface area contributed by atoms with Gasteiger partial charge in [-0.3, -0.25) is 9.59 Å². The maximum atomic E-state index is 13.2. The summed E-state index contributed by atoms with van der Waals surface area (Å²) < 4.78 is 5.35. The van der Waals surface area contributed by atoms with Gasteiger partial charge in [-0.25, -0.2) is 4.98 Å². The molecule has 0 atom stereocenters. The number of nitrogens with one attached hydrogen (secondary N) is 1. The van der Waals surface area contributed by atoms with E-state index < -0.39 is 0 Å². The van der Waals surface area contributed by atoms with E-state index in [0.717, 1.165) is 34.3 Å². The summed E-state index contributed by atoms with van der Waals surface area (Å²) in [6.07, 6.45) is 2.16. The second-order valence-corrected chi connectivity index (χ2v) is 7.69. The standard InChI is InChI=1S/C22H24N2O3S/c1-4-5-11-17(25)24-19-18-16(13-27-3)12-14(2)23-22(18)28-21(19)20(26)15-9-7-6-8-10-15/h6-10,12H,4-5,11,13H2,1-3H3,(H,24,25). The second-order valence-electron chi connectivity index (χ2n) is 6.69. The highest BCUT2D eigenvalue weighted by Crippen LogP contribution is 2.39. The van der Waals surface area contributed by atoms with Crippen molar-refractivity contribution in [2.24, 2.45) is 0 Å². The summed E-state index contributed by atoms with van der Waals surface area (Å²) in [5.41, 5.74) is 2.90. The third kappa shape index (κ3) is 4.29. The topological polar surface area (TPSA) is 68.3 Å². The zero-order chi connectivity index (χ0) is 20.1. The molecule has 0 radical (unpaired) electrons. The van der Waals surface area contributed by atoms with Crippen molar-refractivity contribution in [3.05, 3.63) is 58.1 Å². The zero-order valence-electron chi connectivity index (χ0n) is 16.4. The number of ether oxygens (including phenoxy) is 1. The van der Waals surface area contributed by atoms with Gasteiger partial charge in [0.25, 0.3) is 0 Å². The minimum atomic E-state index is -0.115. The number of fused-ring (bicyclic) bond motifs is 1. The second kappa shape index (κ2) is 9.08. The van der Waals surface area contributed by atoms with E-state index >= 15 is 0 Å². The number of benzene rings is 1. The highest BCUT2D eigenvalue weighted by Gasteiger charge is 2.24. The van der Waals surface area contributed by atoms with Crippen LogP contribution in [0.25, 0.3) is 10.2 Å². The van der Waals surface area contributed by atoms with Gasteiger partial charge in [0.2, 0.25) is 11.7 Å². The maximum Gasteiger partial charge on any atom is 0.224 e. The molecular weight excluding hydrogens is 372 g/mol. The number of carbonyl (C=O) groups excluding carboxylic acids is 2. The van der Waals surface area contributed by atoms with Crippen LogP contribution in [0.15, 0.2) is 36.4 Å². The van der Waals surface area contributed by atoms with Crippen LogP contribution >= 0.6 is 11.3 Å². The van der Waals surface area contributed by atoms with Crippen molar-refractivity contribution >= 4 is 38.9 Å². The van der Waals surface area contributed by atoms with Gasteiger partial charge in [-0.1, -0.05) is 43.7 Å². The minimum absolute atomic E-state index is 0.0902. The molecule has 146 valence electrons. The molecule has 0 aliphatic rings. The predicted octanol–water partition coefficient (Wildman–Crippen LogP) is 5.11. The van der Waals surface area contributed by atoms with Crippen LogP contribution in [0.4, 0.5) is 5.69 Å². The molecule has 0 spiro atoms. The van der Waals surface area contributed by atoms with Crippen LogP contribution in [-0.4, -0.2) is 23.8 Å². The van der Waals surface area contributed by atoms with Gasteiger partial charge in [-0.2, -0.15) is 0 Å². The Kier molecular flexibility index (Phi) is 6.54. The van der Waals surface area contributed by atoms with Crippen molar-refractivity contribution in [2.75, 3.05) is 12.4 Å². The van der Waals surface area contributed by atoms with Gasteiger partial charge in [0, 0.05) is 30.2 Å². The minimum Gasteiger partial charge on any atom is -0.380 e. The van der Waals surface area contributed by atoms with Gasteiger partial charge < -0.3 is 10.1 Å².